The first-order valence-electron chi connectivity index (χ1n) is 9.57. The molecule has 3 fully saturated rings. The van der Waals surface area contributed by atoms with E-state index < -0.39 is 6.04 Å². The lowest BCUT2D eigenvalue weighted by molar-refractivity contribution is -0.136. The maximum absolute atomic E-state index is 12.7. The molecular formula is C18H26N6O2. The molecule has 1 aromatic rings. The number of rotatable bonds is 3. The summed E-state index contributed by atoms with van der Waals surface area (Å²) in [5.41, 5.74) is 0. The Morgan fingerprint density at radius 2 is 1.77 bits per heavy atom. The van der Waals surface area contributed by atoms with Crippen molar-refractivity contribution in [2.45, 2.75) is 50.2 Å². The highest BCUT2D eigenvalue weighted by Crippen LogP contribution is 2.22. The van der Waals surface area contributed by atoms with Crippen molar-refractivity contribution in [2.75, 3.05) is 31.1 Å². The van der Waals surface area contributed by atoms with E-state index in [0.29, 0.717) is 38.2 Å². The van der Waals surface area contributed by atoms with Gasteiger partial charge >= 0.3 is 0 Å². The van der Waals surface area contributed by atoms with E-state index in [-0.39, 0.29) is 24.3 Å². The van der Waals surface area contributed by atoms with Crippen LogP contribution >= 0.6 is 0 Å². The predicted octanol–water partition coefficient (Wildman–Crippen LogP) is -0.0855. The molecule has 0 unspecified atom stereocenters. The second-order valence-corrected chi connectivity index (χ2v) is 7.35. The Labute approximate surface area is 153 Å². The van der Waals surface area contributed by atoms with Gasteiger partial charge in [-0.05, 0) is 18.9 Å². The number of piperazine rings is 2. The van der Waals surface area contributed by atoms with E-state index in [9.17, 15) is 9.59 Å². The van der Waals surface area contributed by atoms with E-state index in [2.05, 4.69) is 25.5 Å². The van der Waals surface area contributed by atoms with Gasteiger partial charge in [0.05, 0.1) is 12.5 Å². The maximum Gasteiger partial charge on any atom is 0.237 e. The Kier molecular flexibility index (Phi) is 5.01. The van der Waals surface area contributed by atoms with Gasteiger partial charge in [-0.1, -0.05) is 12.8 Å². The van der Waals surface area contributed by atoms with Crippen LogP contribution in [-0.2, 0) is 9.59 Å². The normalized spacial score (nSPS) is 29.1. The topological polar surface area (TPSA) is 90.5 Å². The summed E-state index contributed by atoms with van der Waals surface area (Å²) in [4.78, 5) is 37.5. The average Bonchev–Trinajstić information content (AvgIpc) is 2.69. The van der Waals surface area contributed by atoms with Crippen LogP contribution in [0.1, 0.15) is 32.1 Å². The van der Waals surface area contributed by atoms with Crippen LogP contribution in [0.25, 0.3) is 0 Å². The molecule has 2 saturated heterocycles. The molecule has 1 aromatic heterocycles. The molecule has 140 valence electrons. The fraction of sp³-hybridized carbons (Fsp3) is 0.667. The quantitative estimate of drug-likeness (QED) is 0.785. The van der Waals surface area contributed by atoms with Crippen LogP contribution in [0, 0.1) is 0 Å². The highest BCUT2D eigenvalue weighted by molar-refractivity contribution is 5.89. The monoisotopic (exact) mass is 358 g/mol. The van der Waals surface area contributed by atoms with Crippen LogP contribution in [0.2, 0.25) is 0 Å². The zero-order valence-corrected chi connectivity index (χ0v) is 14.9. The van der Waals surface area contributed by atoms with Crippen LogP contribution in [0.5, 0.6) is 0 Å². The molecule has 2 N–H and O–H groups in total. The molecule has 8 nitrogen and oxygen atoms in total. The Morgan fingerprint density at radius 1 is 1.08 bits per heavy atom. The lowest BCUT2D eigenvalue weighted by Crippen LogP contribution is -2.65. The maximum atomic E-state index is 12.7. The third kappa shape index (κ3) is 3.65. The summed E-state index contributed by atoms with van der Waals surface area (Å²) in [5, 5.41) is 6.53. The standard InChI is InChI=1S/C18H26N6O2/c25-16(12-15-17(26)22-14-5-2-1-4-13(14)21-15)23-8-10-24(11-9-23)18-19-6-3-7-20-18/h3,6-7,13-15,21H,1-2,4-5,8-12H2,(H,22,26)/t13-,14+,15+/m1/s1. The van der Waals surface area contributed by atoms with Crippen LogP contribution in [0.4, 0.5) is 5.95 Å². The van der Waals surface area contributed by atoms with Gasteiger partial charge in [0.25, 0.3) is 0 Å². The van der Waals surface area contributed by atoms with E-state index in [4.69, 9.17) is 0 Å². The van der Waals surface area contributed by atoms with Gasteiger partial charge in [-0.25, -0.2) is 9.97 Å². The zero-order chi connectivity index (χ0) is 17.9. The average molecular weight is 358 g/mol. The number of hydrogen-bond acceptors (Lipinski definition) is 6. The van der Waals surface area contributed by atoms with Gasteiger partial charge in [0, 0.05) is 50.7 Å². The Hall–Kier alpha value is -2.22. The minimum absolute atomic E-state index is 0.0298. The van der Waals surface area contributed by atoms with Crippen molar-refractivity contribution in [3.63, 3.8) is 0 Å². The van der Waals surface area contributed by atoms with Crippen LogP contribution in [0.3, 0.4) is 0 Å². The minimum Gasteiger partial charge on any atom is -0.350 e. The third-order valence-corrected chi connectivity index (χ3v) is 5.67. The predicted molar refractivity (Wildman–Crippen MR) is 96.6 cm³/mol. The number of aromatic nitrogens is 2. The van der Waals surface area contributed by atoms with Crippen molar-refractivity contribution in [2.24, 2.45) is 0 Å². The smallest absolute Gasteiger partial charge is 0.237 e. The number of nitrogens with zero attached hydrogens (tertiary/aromatic N) is 4. The first-order chi connectivity index (χ1) is 12.7. The van der Waals surface area contributed by atoms with Gasteiger partial charge in [-0.2, -0.15) is 0 Å². The van der Waals surface area contributed by atoms with Crippen LogP contribution in [-0.4, -0.2) is 71.0 Å². The SMILES string of the molecule is O=C1N[C@H]2CCCC[C@H]2N[C@H]1CC(=O)N1CCN(c2ncccn2)CC1. The van der Waals surface area contributed by atoms with Gasteiger partial charge in [0.2, 0.25) is 17.8 Å². The molecular weight excluding hydrogens is 332 g/mol. The Bertz CT molecular complexity index is 646. The van der Waals surface area contributed by atoms with E-state index in [1.54, 1.807) is 18.5 Å². The molecule has 4 rings (SSSR count). The molecule has 0 aromatic carbocycles. The molecule has 1 aliphatic carbocycles. The van der Waals surface area contributed by atoms with Crippen molar-refractivity contribution in [3.05, 3.63) is 18.5 Å². The molecule has 2 amide bonds. The molecule has 3 heterocycles. The summed E-state index contributed by atoms with van der Waals surface area (Å²) in [7, 11) is 0. The molecule has 0 radical (unpaired) electrons. The molecule has 0 bridgehead atoms. The van der Waals surface area contributed by atoms with E-state index in [0.717, 1.165) is 12.8 Å². The Balaban J connectivity index is 1.29. The Morgan fingerprint density at radius 3 is 2.50 bits per heavy atom. The molecule has 1 saturated carbocycles. The first-order valence-corrected chi connectivity index (χ1v) is 9.57. The molecule has 0 spiro atoms. The number of hydrogen-bond donors (Lipinski definition) is 2. The number of fused-ring (bicyclic) bond motifs is 1. The van der Waals surface area contributed by atoms with Gasteiger partial charge in [0.15, 0.2) is 0 Å². The number of carbonyl (C=O) groups excluding carboxylic acids is 2. The van der Waals surface area contributed by atoms with Gasteiger partial charge < -0.3 is 20.4 Å². The van der Waals surface area contributed by atoms with E-state index in [1.165, 1.54) is 12.8 Å². The van der Waals surface area contributed by atoms with Crippen molar-refractivity contribution in [1.82, 2.24) is 25.5 Å². The second kappa shape index (κ2) is 7.57. The fourth-order valence-electron chi connectivity index (χ4n) is 4.19. The van der Waals surface area contributed by atoms with Crippen LogP contribution in [0.15, 0.2) is 18.5 Å². The summed E-state index contributed by atoms with van der Waals surface area (Å²) in [5.74, 6) is 0.717. The van der Waals surface area contributed by atoms with Crippen LogP contribution < -0.4 is 15.5 Å². The fourth-order valence-corrected chi connectivity index (χ4v) is 4.19. The molecule has 3 aliphatic rings. The molecule has 3 atom stereocenters. The van der Waals surface area contributed by atoms with Crippen molar-refractivity contribution >= 4 is 17.8 Å². The summed E-state index contributed by atoms with van der Waals surface area (Å²) in [6.45, 7) is 2.70. The lowest BCUT2D eigenvalue weighted by atomic mass is 9.87. The number of carbonyl (C=O) groups is 2. The molecule has 26 heavy (non-hydrogen) atoms. The highest BCUT2D eigenvalue weighted by Gasteiger charge is 2.37. The number of anilines is 1. The first kappa shape index (κ1) is 17.2. The summed E-state index contributed by atoms with van der Waals surface area (Å²) in [6, 6.07) is 1.93. The summed E-state index contributed by atoms with van der Waals surface area (Å²) < 4.78 is 0. The van der Waals surface area contributed by atoms with Gasteiger partial charge in [-0.15, -0.1) is 0 Å². The zero-order valence-electron chi connectivity index (χ0n) is 14.9. The third-order valence-electron chi connectivity index (χ3n) is 5.67. The van der Waals surface area contributed by atoms with Crippen molar-refractivity contribution in [3.8, 4) is 0 Å². The summed E-state index contributed by atoms with van der Waals surface area (Å²) >= 11 is 0. The second-order valence-electron chi connectivity index (χ2n) is 7.35. The number of nitrogens with one attached hydrogen (secondary N) is 2. The largest absolute Gasteiger partial charge is 0.350 e. The van der Waals surface area contributed by atoms with Crippen molar-refractivity contribution < 1.29 is 9.59 Å². The molecule has 8 heteroatoms. The minimum atomic E-state index is -0.405. The highest BCUT2D eigenvalue weighted by atomic mass is 16.2. The summed E-state index contributed by atoms with van der Waals surface area (Å²) in [6.07, 6.45) is 8.16. The number of amides is 2. The van der Waals surface area contributed by atoms with Gasteiger partial charge in [-0.3, -0.25) is 9.59 Å². The lowest BCUT2D eigenvalue weighted by Gasteiger charge is -2.41. The van der Waals surface area contributed by atoms with E-state index >= 15 is 0 Å². The van der Waals surface area contributed by atoms with E-state index in [1.807, 2.05) is 4.90 Å². The molecule has 2 aliphatic heterocycles. The van der Waals surface area contributed by atoms with Crippen molar-refractivity contribution in [1.29, 1.82) is 0 Å². The van der Waals surface area contributed by atoms with Gasteiger partial charge in [0.1, 0.15) is 0 Å².